The Labute approximate surface area is 126 Å². The van der Waals surface area contributed by atoms with Crippen molar-refractivity contribution in [2.24, 2.45) is 0 Å². The van der Waals surface area contributed by atoms with Gasteiger partial charge in [0, 0.05) is 5.69 Å². The Morgan fingerprint density at radius 1 is 1.00 bits per heavy atom. The summed E-state index contributed by atoms with van der Waals surface area (Å²) in [6, 6.07) is 12.7. The van der Waals surface area contributed by atoms with Crippen LogP contribution in [0.15, 0.2) is 40.8 Å². The van der Waals surface area contributed by atoms with Crippen molar-refractivity contribution in [2.45, 2.75) is 38.5 Å². The van der Waals surface area contributed by atoms with Crippen LogP contribution in [0.4, 0.5) is 5.69 Å². The van der Waals surface area contributed by atoms with E-state index in [4.69, 9.17) is 4.42 Å². The predicted octanol–water partition coefficient (Wildman–Crippen LogP) is 5.05. The molecule has 0 bridgehead atoms. The third-order valence-electron chi connectivity index (χ3n) is 3.22. The first kappa shape index (κ1) is 15.0. The van der Waals surface area contributed by atoms with Gasteiger partial charge in [0.15, 0.2) is 0 Å². The second kappa shape index (κ2) is 6.40. The molecule has 0 amide bonds. The van der Waals surface area contributed by atoms with Crippen LogP contribution in [-0.2, 0) is 17.7 Å². The lowest BCUT2D eigenvalue weighted by molar-refractivity contribution is 0.487. The minimum atomic E-state index is 0.201. The summed E-state index contributed by atoms with van der Waals surface area (Å²) >= 11 is 1.77. The van der Waals surface area contributed by atoms with Crippen LogP contribution in [0.5, 0.6) is 0 Å². The molecule has 1 N–H and O–H groups in total. The lowest BCUT2D eigenvalue weighted by Crippen LogP contribution is -2.10. The maximum Gasteiger partial charge on any atom is 0.123 e. The SMILES string of the molecule is CSCc1ccc(CNc2ccc(C(C)(C)C)cc2)o1. The number of furan rings is 1. The number of hydrogen-bond acceptors (Lipinski definition) is 3. The van der Waals surface area contributed by atoms with Gasteiger partial charge in [-0.05, 0) is 41.5 Å². The maximum absolute atomic E-state index is 5.74. The van der Waals surface area contributed by atoms with Gasteiger partial charge in [0.25, 0.3) is 0 Å². The van der Waals surface area contributed by atoms with Crippen molar-refractivity contribution in [3.05, 3.63) is 53.5 Å². The average molecular weight is 289 g/mol. The molecular weight excluding hydrogens is 266 g/mol. The molecule has 0 aliphatic carbocycles. The van der Waals surface area contributed by atoms with Crippen molar-refractivity contribution < 1.29 is 4.42 Å². The van der Waals surface area contributed by atoms with E-state index < -0.39 is 0 Å². The summed E-state index contributed by atoms with van der Waals surface area (Å²) < 4.78 is 5.74. The van der Waals surface area contributed by atoms with Gasteiger partial charge in [-0.1, -0.05) is 32.9 Å². The highest BCUT2D eigenvalue weighted by Crippen LogP contribution is 2.23. The van der Waals surface area contributed by atoms with Gasteiger partial charge >= 0.3 is 0 Å². The highest BCUT2D eigenvalue weighted by atomic mass is 32.2. The van der Waals surface area contributed by atoms with Gasteiger partial charge in [0.1, 0.15) is 11.5 Å². The first-order valence-electron chi connectivity index (χ1n) is 6.90. The number of rotatable bonds is 5. The summed E-state index contributed by atoms with van der Waals surface area (Å²) in [5.41, 5.74) is 2.68. The summed E-state index contributed by atoms with van der Waals surface area (Å²) in [4.78, 5) is 0. The molecule has 0 aliphatic heterocycles. The van der Waals surface area contributed by atoms with E-state index in [2.05, 4.69) is 62.7 Å². The fraction of sp³-hybridized carbons (Fsp3) is 0.412. The third-order valence-corrected chi connectivity index (χ3v) is 3.79. The largest absolute Gasteiger partial charge is 0.463 e. The van der Waals surface area contributed by atoms with E-state index in [0.29, 0.717) is 0 Å². The van der Waals surface area contributed by atoms with Gasteiger partial charge in [-0.25, -0.2) is 0 Å². The fourth-order valence-corrected chi connectivity index (χ4v) is 2.45. The monoisotopic (exact) mass is 289 g/mol. The van der Waals surface area contributed by atoms with E-state index in [1.54, 1.807) is 11.8 Å². The summed E-state index contributed by atoms with van der Waals surface area (Å²) in [5.74, 6) is 2.95. The lowest BCUT2D eigenvalue weighted by Gasteiger charge is -2.19. The van der Waals surface area contributed by atoms with E-state index in [1.165, 1.54) is 5.56 Å². The molecule has 1 aromatic heterocycles. The Morgan fingerprint density at radius 3 is 2.25 bits per heavy atom. The summed E-state index contributed by atoms with van der Waals surface area (Å²) in [5, 5.41) is 3.39. The van der Waals surface area contributed by atoms with Crippen LogP contribution in [-0.4, -0.2) is 6.26 Å². The van der Waals surface area contributed by atoms with E-state index in [9.17, 15) is 0 Å². The molecular formula is C17H23NOS. The van der Waals surface area contributed by atoms with Gasteiger partial charge in [-0.2, -0.15) is 11.8 Å². The van der Waals surface area contributed by atoms with Gasteiger partial charge in [-0.15, -0.1) is 0 Å². The second-order valence-corrected chi connectivity index (χ2v) is 6.85. The van der Waals surface area contributed by atoms with Crippen LogP contribution < -0.4 is 5.32 Å². The van der Waals surface area contributed by atoms with Crippen LogP contribution in [0.3, 0.4) is 0 Å². The van der Waals surface area contributed by atoms with E-state index in [-0.39, 0.29) is 5.41 Å². The highest BCUT2D eigenvalue weighted by Gasteiger charge is 2.12. The topological polar surface area (TPSA) is 25.2 Å². The number of anilines is 1. The molecule has 1 heterocycles. The van der Waals surface area contributed by atoms with Crippen molar-refractivity contribution in [3.8, 4) is 0 Å². The molecule has 0 radical (unpaired) electrons. The smallest absolute Gasteiger partial charge is 0.123 e. The molecule has 20 heavy (non-hydrogen) atoms. The van der Waals surface area contributed by atoms with Crippen LogP contribution in [0, 0.1) is 0 Å². The molecule has 0 saturated heterocycles. The highest BCUT2D eigenvalue weighted by molar-refractivity contribution is 7.97. The number of hydrogen-bond donors (Lipinski definition) is 1. The minimum Gasteiger partial charge on any atom is -0.463 e. The van der Waals surface area contributed by atoms with Crippen LogP contribution in [0.2, 0.25) is 0 Å². The molecule has 0 fully saturated rings. The molecule has 108 valence electrons. The van der Waals surface area contributed by atoms with Crippen molar-refractivity contribution in [1.29, 1.82) is 0 Å². The van der Waals surface area contributed by atoms with Crippen LogP contribution in [0.25, 0.3) is 0 Å². The minimum absolute atomic E-state index is 0.201. The molecule has 0 saturated carbocycles. The Balaban J connectivity index is 1.93. The molecule has 0 atom stereocenters. The van der Waals surface area contributed by atoms with Crippen molar-refractivity contribution in [1.82, 2.24) is 0 Å². The molecule has 0 aliphatic rings. The van der Waals surface area contributed by atoms with Gasteiger partial charge in [0.2, 0.25) is 0 Å². The second-order valence-electron chi connectivity index (χ2n) is 5.98. The molecule has 2 aromatic rings. The Morgan fingerprint density at radius 2 is 1.65 bits per heavy atom. The van der Waals surface area contributed by atoms with E-state index in [0.717, 1.165) is 29.5 Å². The van der Waals surface area contributed by atoms with E-state index >= 15 is 0 Å². The summed E-state index contributed by atoms with van der Waals surface area (Å²) in [7, 11) is 0. The Hall–Kier alpha value is -1.35. The summed E-state index contributed by atoms with van der Waals surface area (Å²) in [6.45, 7) is 7.41. The fourth-order valence-electron chi connectivity index (χ4n) is 2.01. The normalized spacial score (nSPS) is 11.6. The zero-order chi connectivity index (χ0) is 14.6. The van der Waals surface area contributed by atoms with Gasteiger partial charge in [0.05, 0.1) is 12.3 Å². The predicted molar refractivity (Wildman–Crippen MR) is 88.4 cm³/mol. The zero-order valence-corrected chi connectivity index (χ0v) is 13.5. The molecule has 3 heteroatoms. The van der Waals surface area contributed by atoms with Crippen LogP contribution in [0.1, 0.15) is 37.9 Å². The molecule has 1 aromatic carbocycles. The first-order chi connectivity index (χ1) is 9.49. The van der Waals surface area contributed by atoms with Gasteiger partial charge < -0.3 is 9.73 Å². The van der Waals surface area contributed by atoms with Gasteiger partial charge in [-0.3, -0.25) is 0 Å². The maximum atomic E-state index is 5.74. The van der Waals surface area contributed by atoms with Crippen molar-refractivity contribution in [2.75, 3.05) is 11.6 Å². The Kier molecular flexibility index (Phi) is 4.81. The average Bonchev–Trinajstić information content (AvgIpc) is 2.84. The number of thioether (sulfide) groups is 1. The van der Waals surface area contributed by atoms with E-state index in [1.807, 2.05) is 6.07 Å². The van der Waals surface area contributed by atoms with Crippen molar-refractivity contribution >= 4 is 17.4 Å². The zero-order valence-electron chi connectivity index (χ0n) is 12.7. The lowest BCUT2D eigenvalue weighted by atomic mass is 9.87. The molecule has 0 unspecified atom stereocenters. The molecule has 2 rings (SSSR count). The standard InChI is InChI=1S/C17H23NOS/c1-17(2,3)13-5-7-14(8-6-13)18-11-15-9-10-16(19-15)12-20-4/h5-10,18H,11-12H2,1-4H3. The Bertz CT molecular complexity index is 537. The number of benzene rings is 1. The first-order valence-corrected chi connectivity index (χ1v) is 8.29. The van der Waals surface area contributed by atoms with Crippen molar-refractivity contribution in [3.63, 3.8) is 0 Å². The molecule has 2 nitrogen and oxygen atoms in total. The summed E-state index contributed by atoms with van der Waals surface area (Å²) in [6.07, 6.45) is 2.08. The van der Waals surface area contributed by atoms with Crippen LogP contribution >= 0.6 is 11.8 Å². The third kappa shape index (κ3) is 4.07. The molecule has 0 spiro atoms. The quantitative estimate of drug-likeness (QED) is 0.833. The number of nitrogens with one attached hydrogen (secondary N) is 1.